The molecule has 1 heterocycles. The molecule has 0 saturated heterocycles. The van der Waals surface area contributed by atoms with E-state index in [1.807, 2.05) is 5.51 Å². The number of aliphatic hydroxyl groups is 1. The lowest BCUT2D eigenvalue weighted by Crippen LogP contribution is -2.36. The van der Waals surface area contributed by atoms with Crippen molar-refractivity contribution in [3.63, 3.8) is 0 Å². The largest absolute Gasteiger partial charge is 0.396 e. The molecule has 1 rings (SSSR count). The van der Waals surface area contributed by atoms with Gasteiger partial charge < -0.3 is 10.4 Å². The lowest BCUT2D eigenvalue weighted by molar-refractivity contribution is 0.236. The van der Waals surface area contributed by atoms with Crippen molar-refractivity contribution in [2.24, 2.45) is 5.92 Å². The fraction of sp³-hybridized carbons (Fsp3) is 0.727. The molecule has 2 N–H and O–H groups in total. The van der Waals surface area contributed by atoms with E-state index in [4.69, 9.17) is 5.11 Å². The number of rotatable bonds is 6. The van der Waals surface area contributed by atoms with E-state index >= 15 is 0 Å². The second-order valence-corrected chi connectivity index (χ2v) is 4.88. The minimum Gasteiger partial charge on any atom is -0.396 e. The maximum absolute atomic E-state index is 8.98. The van der Waals surface area contributed by atoms with E-state index in [9.17, 15) is 0 Å². The number of hydrogen-bond donors (Lipinski definition) is 2. The number of hydrogen-bond acceptors (Lipinski definition) is 4. The van der Waals surface area contributed by atoms with Crippen LogP contribution in [-0.4, -0.2) is 22.7 Å². The third-order valence-electron chi connectivity index (χ3n) is 2.60. The summed E-state index contributed by atoms with van der Waals surface area (Å²) in [6.45, 7) is 6.68. The van der Waals surface area contributed by atoms with E-state index in [1.165, 1.54) is 0 Å². The number of aromatic nitrogens is 1. The summed E-state index contributed by atoms with van der Waals surface area (Å²) >= 11 is 1.62. The molecule has 4 heteroatoms. The van der Waals surface area contributed by atoms with E-state index in [0.29, 0.717) is 12.0 Å². The summed E-state index contributed by atoms with van der Waals surface area (Å²) in [5, 5.41) is 14.5. The molecule has 0 aliphatic carbocycles. The minimum absolute atomic E-state index is 0.236. The highest BCUT2D eigenvalue weighted by Gasteiger charge is 2.16. The van der Waals surface area contributed by atoms with Gasteiger partial charge in [-0.05, 0) is 19.3 Å². The predicted octanol–water partition coefficient (Wildman–Crippen LogP) is 2.20. The summed E-state index contributed by atoms with van der Waals surface area (Å²) in [7, 11) is 0. The summed E-state index contributed by atoms with van der Waals surface area (Å²) in [5.74, 6) is 0.526. The Hall–Kier alpha value is -0.450. The summed E-state index contributed by atoms with van der Waals surface area (Å²) in [4.78, 5) is 4.28. The van der Waals surface area contributed by atoms with Gasteiger partial charge in [0.05, 0.1) is 11.2 Å². The Kier molecular flexibility index (Phi) is 5.22. The van der Waals surface area contributed by atoms with E-state index in [0.717, 1.165) is 12.1 Å². The number of aliphatic hydroxyl groups excluding tert-OH is 1. The van der Waals surface area contributed by atoms with Crippen LogP contribution in [0.25, 0.3) is 0 Å². The fourth-order valence-corrected chi connectivity index (χ4v) is 2.24. The number of nitrogens with zero attached hydrogens (tertiary/aromatic N) is 1. The minimum atomic E-state index is 0.236. The standard InChI is InChI=1S/C11H20N2OS/c1-8(2)10(4-5-14)13-9(3)11-6-15-7-12-11/h6-10,13-14H,4-5H2,1-3H3. The molecule has 0 fully saturated rings. The molecule has 3 nitrogen and oxygen atoms in total. The predicted molar refractivity (Wildman–Crippen MR) is 64.0 cm³/mol. The zero-order chi connectivity index (χ0) is 11.3. The lowest BCUT2D eigenvalue weighted by Gasteiger charge is -2.25. The highest BCUT2D eigenvalue weighted by Crippen LogP contribution is 2.16. The van der Waals surface area contributed by atoms with Crippen molar-refractivity contribution >= 4 is 11.3 Å². The van der Waals surface area contributed by atoms with Crippen LogP contribution in [0.2, 0.25) is 0 Å². The molecular formula is C11H20N2OS. The molecule has 0 spiro atoms. The molecule has 0 aromatic carbocycles. The van der Waals surface area contributed by atoms with E-state index < -0.39 is 0 Å². The van der Waals surface area contributed by atoms with Crippen molar-refractivity contribution in [3.05, 3.63) is 16.6 Å². The fourth-order valence-electron chi connectivity index (χ4n) is 1.59. The van der Waals surface area contributed by atoms with E-state index in [1.54, 1.807) is 11.3 Å². The summed E-state index contributed by atoms with van der Waals surface area (Å²) in [5.41, 5.74) is 2.94. The second-order valence-electron chi connectivity index (χ2n) is 4.16. The van der Waals surface area contributed by atoms with Gasteiger partial charge in [-0.1, -0.05) is 13.8 Å². The Labute approximate surface area is 95.6 Å². The van der Waals surface area contributed by atoms with Crippen LogP contribution in [0.5, 0.6) is 0 Å². The molecule has 0 radical (unpaired) electrons. The monoisotopic (exact) mass is 228 g/mol. The lowest BCUT2D eigenvalue weighted by atomic mass is 10.00. The van der Waals surface area contributed by atoms with Gasteiger partial charge >= 0.3 is 0 Å². The average Bonchev–Trinajstić information content (AvgIpc) is 2.69. The van der Waals surface area contributed by atoms with Gasteiger partial charge in [0.25, 0.3) is 0 Å². The van der Waals surface area contributed by atoms with Gasteiger partial charge in [0.15, 0.2) is 0 Å². The van der Waals surface area contributed by atoms with Gasteiger partial charge in [0.1, 0.15) is 0 Å². The maximum atomic E-state index is 8.98. The molecule has 15 heavy (non-hydrogen) atoms. The first kappa shape index (κ1) is 12.6. The smallest absolute Gasteiger partial charge is 0.0795 e. The molecule has 0 aliphatic rings. The first-order valence-corrected chi connectivity index (χ1v) is 6.34. The second kappa shape index (κ2) is 6.20. The van der Waals surface area contributed by atoms with Gasteiger partial charge in [-0.3, -0.25) is 0 Å². The van der Waals surface area contributed by atoms with Crippen molar-refractivity contribution in [1.82, 2.24) is 10.3 Å². The Morgan fingerprint density at radius 3 is 2.67 bits per heavy atom. The van der Waals surface area contributed by atoms with Crippen LogP contribution in [0, 0.1) is 5.92 Å². The zero-order valence-electron chi connectivity index (χ0n) is 9.60. The first-order valence-electron chi connectivity index (χ1n) is 5.40. The SMILES string of the molecule is CC(NC(CCO)C(C)C)c1cscn1. The highest BCUT2D eigenvalue weighted by atomic mass is 32.1. The Balaban J connectivity index is 2.50. The molecule has 1 aromatic rings. The molecule has 0 aliphatic heterocycles. The Morgan fingerprint density at radius 1 is 1.47 bits per heavy atom. The third kappa shape index (κ3) is 3.89. The average molecular weight is 228 g/mol. The van der Waals surface area contributed by atoms with Crippen LogP contribution < -0.4 is 5.32 Å². The van der Waals surface area contributed by atoms with Crippen molar-refractivity contribution in [2.45, 2.75) is 39.3 Å². The molecule has 2 atom stereocenters. The molecule has 2 unspecified atom stereocenters. The van der Waals surface area contributed by atoms with Crippen LogP contribution >= 0.6 is 11.3 Å². The van der Waals surface area contributed by atoms with Crippen LogP contribution in [0.15, 0.2) is 10.9 Å². The first-order chi connectivity index (χ1) is 7.15. The van der Waals surface area contributed by atoms with Crippen molar-refractivity contribution < 1.29 is 5.11 Å². The van der Waals surface area contributed by atoms with Gasteiger partial charge in [-0.15, -0.1) is 11.3 Å². The van der Waals surface area contributed by atoms with Gasteiger partial charge in [0, 0.05) is 24.1 Å². The summed E-state index contributed by atoms with van der Waals surface area (Å²) in [6, 6.07) is 0.613. The summed E-state index contributed by atoms with van der Waals surface area (Å²) in [6.07, 6.45) is 0.798. The molecule has 86 valence electrons. The van der Waals surface area contributed by atoms with Crippen molar-refractivity contribution in [1.29, 1.82) is 0 Å². The van der Waals surface area contributed by atoms with Crippen LogP contribution in [0.4, 0.5) is 0 Å². The summed E-state index contributed by atoms with van der Waals surface area (Å²) < 4.78 is 0. The Bertz CT molecular complexity index is 262. The normalized spacial score (nSPS) is 15.5. The van der Waals surface area contributed by atoms with Crippen LogP contribution in [-0.2, 0) is 0 Å². The molecule has 0 saturated carbocycles. The van der Waals surface area contributed by atoms with Gasteiger partial charge in [-0.25, -0.2) is 4.98 Å². The molecule has 0 bridgehead atoms. The van der Waals surface area contributed by atoms with E-state index in [-0.39, 0.29) is 12.6 Å². The Morgan fingerprint density at radius 2 is 2.20 bits per heavy atom. The van der Waals surface area contributed by atoms with Crippen LogP contribution in [0.1, 0.15) is 38.9 Å². The number of nitrogens with one attached hydrogen (secondary N) is 1. The number of thiazole rings is 1. The van der Waals surface area contributed by atoms with Crippen LogP contribution in [0.3, 0.4) is 0 Å². The van der Waals surface area contributed by atoms with Gasteiger partial charge in [0.2, 0.25) is 0 Å². The van der Waals surface area contributed by atoms with Crippen molar-refractivity contribution in [3.8, 4) is 0 Å². The van der Waals surface area contributed by atoms with E-state index in [2.05, 4.69) is 36.5 Å². The maximum Gasteiger partial charge on any atom is 0.0795 e. The third-order valence-corrected chi connectivity index (χ3v) is 3.21. The van der Waals surface area contributed by atoms with Gasteiger partial charge in [-0.2, -0.15) is 0 Å². The molecule has 0 amide bonds. The highest BCUT2D eigenvalue weighted by molar-refractivity contribution is 7.07. The molecular weight excluding hydrogens is 208 g/mol. The zero-order valence-corrected chi connectivity index (χ0v) is 10.4. The topological polar surface area (TPSA) is 45.1 Å². The van der Waals surface area contributed by atoms with Crippen molar-refractivity contribution in [2.75, 3.05) is 6.61 Å². The quantitative estimate of drug-likeness (QED) is 0.784. The molecule has 1 aromatic heterocycles.